The standard InChI is InChI=1S/C18H26N2O/c1-13-6-2-3-7-14(13)11-20-18(21)17-12-19-10-15-8-4-5-9-16(15)17/h4-5,8-9,13-14,17,19H,2-3,6-7,10-12H2,1H3,(H,20,21). The maximum Gasteiger partial charge on any atom is 0.228 e. The summed E-state index contributed by atoms with van der Waals surface area (Å²) in [7, 11) is 0. The highest BCUT2D eigenvalue weighted by Gasteiger charge is 2.27. The van der Waals surface area contributed by atoms with Crippen molar-refractivity contribution in [3.8, 4) is 0 Å². The molecule has 2 aliphatic rings. The Morgan fingerprint density at radius 2 is 2.10 bits per heavy atom. The second kappa shape index (κ2) is 6.61. The number of hydrogen-bond acceptors (Lipinski definition) is 2. The van der Waals surface area contributed by atoms with Gasteiger partial charge in [-0.3, -0.25) is 4.79 Å². The molecule has 1 aliphatic carbocycles. The highest BCUT2D eigenvalue weighted by molar-refractivity contribution is 5.84. The van der Waals surface area contributed by atoms with Gasteiger partial charge < -0.3 is 10.6 Å². The molecule has 3 unspecified atom stereocenters. The molecular weight excluding hydrogens is 260 g/mol. The molecule has 1 fully saturated rings. The molecule has 21 heavy (non-hydrogen) atoms. The predicted octanol–water partition coefficient (Wildman–Crippen LogP) is 2.82. The molecule has 0 saturated heterocycles. The first-order chi connectivity index (χ1) is 10.3. The van der Waals surface area contributed by atoms with Crippen LogP contribution in [0, 0.1) is 11.8 Å². The molecule has 1 aliphatic heterocycles. The van der Waals surface area contributed by atoms with Gasteiger partial charge in [-0.1, -0.05) is 50.5 Å². The highest BCUT2D eigenvalue weighted by Crippen LogP contribution is 2.29. The molecule has 1 saturated carbocycles. The lowest BCUT2D eigenvalue weighted by molar-refractivity contribution is -0.122. The third kappa shape index (κ3) is 3.29. The van der Waals surface area contributed by atoms with E-state index in [2.05, 4.69) is 29.7 Å². The largest absolute Gasteiger partial charge is 0.355 e. The van der Waals surface area contributed by atoms with Gasteiger partial charge in [0, 0.05) is 19.6 Å². The number of benzene rings is 1. The summed E-state index contributed by atoms with van der Waals surface area (Å²) in [5, 5.41) is 6.57. The first-order valence-electron chi connectivity index (χ1n) is 8.32. The molecule has 1 aromatic rings. The van der Waals surface area contributed by atoms with E-state index in [1.54, 1.807) is 0 Å². The van der Waals surface area contributed by atoms with Crippen molar-refractivity contribution in [1.82, 2.24) is 10.6 Å². The van der Waals surface area contributed by atoms with Crippen molar-refractivity contribution in [2.45, 2.75) is 45.1 Å². The molecule has 1 aromatic carbocycles. The average Bonchev–Trinajstić information content (AvgIpc) is 2.53. The third-order valence-electron chi connectivity index (χ3n) is 5.24. The van der Waals surface area contributed by atoms with Crippen LogP contribution in [0.4, 0.5) is 0 Å². The SMILES string of the molecule is CC1CCCCC1CNC(=O)C1CNCc2ccccc21. The smallest absolute Gasteiger partial charge is 0.228 e. The first-order valence-corrected chi connectivity index (χ1v) is 8.32. The van der Waals surface area contributed by atoms with E-state index in [9.17, 15) is 4.79 Å². The van der Waals surface area contributed by atoms with Crippen LogP contribution in [0.3, 0.4) is 0 Å². The number of nitrogens with one attached hydrogen (secondary N) is 2. The normalized spacial score (nSPS) is 28.7. The maximum atomic E-state index is 12.6. The summed E-state index contributed by atoms with van der Waals surface area (Å²) in [6, 6.07) is 8.30. The Labute approximate surface area is 127 Å². The zero-order chi connectivity index (χ0) is 14.7. The predicted molar refractivity (Wildman–Crippen MR) is 85.0 cm³/mol. The van der Waals surface area contributed by atoms with Crippen LogP contribution in [0.2, 0.25) is 0 Å². The molecule has 1 amide bonds. The van der Waals surface area contributed by atoms with Gasteiger partial charge >= 0.3 is 0 Å². The van der Waals surface area contributed by atoms with Gasteiger partial charge in [0.15, 0.2) is 0 Å². The minimum absolute atomic E-state index is 0.0335. The fourth-order valence-electron chi connectivity index (χ4n) is 3.78. The van der Waals surface area contributed by atoms with Gasteiger partial charge in [-0.05, 0) is 29.4 Å². The topological polar surface area (TPSA) is 41.1 Å². The van der Waals surface area contributed by atoms with Crippen molar-refractivity contribution in [2.75, 3.05) is 13.1 Å². The molecule has 1 heterocycles. The van der Waals surface area contributed by atoms with E-state index in [1.807, 2.05) is 12.1 Å². The Hall–Kier alpha value is -1.35. The van der Waals surface area contributed by atoms with E-state index in [0.717, 1.165) is 25.6 Å². The van der Waals surface area contributed by atoms with Crippen molar-refractivity contribution in [1.29, 1.82) is 0 Å². The number of amides is 1. The quantitative estimate of drug-likeness (QED) is 0.897. The monoisotopic (exact) mass is 286 g/mol. The molecule has 3 nitrogen and oxygen atoms in total. The maximum absolute atomic E-state index is 12.6. The van der Waals surface area contributed by atoms with Crippen molar-refractivity contribution in [2.24, 2.45) is 11.8 Å². The fourth-order valence-corrected chi connectivity index (χ4v) is 3.78. The van der Waals surface area contributed by atoms with Gasteiger partial charge in [-0.15, -0.1) is 0 Å². The van der Waals surface area contributed by atoms with Gasteiger partial charge in [0.1, 0.15) is 0 Å². The van der Waals surface area contributed by atoms with Crippen LogP contribution in [0.15, 0.2) is 24.3 Å². The second-order valence-corrected chi connectivity index (χ2v) is 6.65. The molecule has 0 spiro atoms. The van der Waals surface area contributed by atoms with Gasteiger partial charge in [-0.25, -0.2) is 0 Å². The van der Waals surface area contributed by atoms with Gasteiger partial charge in [-0.2, -0.15) is 0 Å². The van der Waals surface area contributed by atoms with Crippen LogP contribution in [-0.4, -0.2) is 19.0 Å². The number of rotatable bonds is 3. The Balaban J connectivity index is 1.61. The van der Waals surface area contributed by atoms with E-state index >= 15 is 0 Å². The van der Waals surface area contributed by atoms with Crippen LogP contribution < -0.4 is 10.6 Å². The van der Waals surface area contributed by atoms with Crippen molar-refractivity contribution >= 4 is 5.91 Å². The summed E-state index contributed by atoms with van der Waals surface area (Å²) in [5.74, 6) is 1.56. The second-order valence-electron chi connectivity index (χ2n) is 6.65. The zero-order valence-electron chi connectivity index (χ0n) is 12.9. The molecular formula is C18H26N2O. The molecule has 2 N–H and O–H groups in total. The lowest BCUT2D eigenvalue weighted by Gasteiger charge is -2.30. The summed E-state index contributed by atoms with van der Waals surface area (Å²) in [4.78, 5) is 12.6. The van der Waals surface area contributed by atoms with Crippen molar-refractivity contribution < 1.29 is 4.79 Å². The van der Waals surface area contributed by atoms with Crippen LogP contribution in [0.5, 0.6) is 0 Å². The van der Waals surface area contributed by atoms with Crippen molar-refractivity contribution in [3.63, 3.8) is 0 Å². The lowest BCUT2D eigenvalue weighted by Crippen LogP contribution is -2.41. The Morgan fingerprint density at radius 3 is 2.95 bits per heavy atom. The van der Waals surface area contributed by atoms with E-state index in [-0.39, 0.29) is 11.8 Å². The van der Waals surface area contributed by atoms with E-state index < -0.39 is 0 Å². The van der Waals surface area contributed by atoms with Gasteiger partial charge in [0.2, 0.25) is 5.91 Å². The van der Waals surface area contributed by atoms with E-state index in [1.165, 1.54) is 36.8 Å². The highest BCUT2D eigenvalue weighted by atomic mass is 16.1. The number of carbonyl (C=O) groups excluding carboxylic acids is 1. The van der Waals surface area contributed by atoms with Gasteiger partial charge in [0.25, 0.3) is 0 Å². The number of hydrogen-bond donors (Lipinski definition) is 2. The average molecular weight is 286 g/mol. The lowest BCUT2D eigenvalue weighted by atomic mass is 9.80. The minimum Gasteiger partial charge on any atom is -0.355 e. The number of carbonyl (C=O) groups is 1. The fraction of sp³-hybridized carbons (Fsp3) is 0.611. The third-order valence-corrected chi connectivity index (χ3v) is 5.24. The molecule has 3 heteroatoms. The van der Waals surface area contributed by atoms with Crippen LogP contribution >= 0.6 is 0 Å². The summed E-state index contributed by atoms with van der Waals surface area (Å²) >= 11 is 0. The van der Waals surface area contributed by atoms with Crippen LogP contribution in [-0.2, 0) is 11.3 Å². The van der Waals surface area contributed by atoms with E-state index in [0.29, 0.717) is 5.92 Å². The molecule has 0 aromatic heterocycles. The van der Waals surface area contributed by atoms with Crippen molar-refractivity contribution in [3.05, 3.63) is 35.4 Å². The molecule has 3 atom stereocenters. The summed E-state index contributed by atoms with van der Waals surface area (Å²) < 4.78 is 0. The molecule has 114 valence electrons. The first kappa shape index (κ1) is 14.6. The zero-order valence-corrected chi connectivity index (χ0v) is 12.9. The summed E-state index contributed by atoms with van der Waals surface area (Å²) in [6.45, 7) is 4.80. The Bertz CT molecular complexity index is 500. The van der Waals surface area contributed by atoms with Gasteiger partial charge in [0.05, 0.1) is 5.92 Å². The molecule has 0 radical (unpaired) electrons. The Morgan fingerprint density at radius 1 is 1.29 bits per heavy atom. The van der Waals surface area contributed by atoms with E-state index in [4.69, 9.17) is 0 Å². The molecule has 0 bridgehead atoms. The number of fused-ring (bicyclic) bond motifs is 1. The van der Waals surface area contributed by atoms with Crippen LogP contribution in [0.1, 0.15) is 49.7 Å². The molecule has 3 rings (SSSR count). The summed E-state index contributed by atoms with van der Waals surface area (Å²) in [6.07, 6.45) is 5.25. The summed E-state index contributed by atoms with van der Waals surface area (Å²) in [5.41, 5.74) is 2.46. The van der Waals surface area contributed by atoms with Crippen LogP contribution in [0.25, 0.3) is 0 Å². The minimum atomic E-state index is -0.0335. The Kier molecular flexibility index (Phi) is 4.59.